The Morgan fingerprint density at radius 2 is 2.09 bits per heavy atom. The van der Waals surface area contributed by atoms with E-state index in [-0.39, 0.29) is 0 Å². The van der Waals surface area contributed by atoms with Gasteiger partial charge in [-0.1, -0.05) is 0 Å². The third-order valence-electron chi connectivity index (χ3n) is 1.14. The lowest BCUT2D eigenvalue weighted by Gasteiger charge is -2.00. The first-order valence-electron chi connectivity index (χ1n) is 3.61. The van der Waals surface area contributed by atoms with E-state index in [4.69, 9.17) is 0 Å². The lowest BCUT2D eigenvalue weighted by molar-refractivity contribution is -0.128. The second-order valence-corrected chi connectivity index (χ2v) is 2.03. The zero-order valence-electron chi connectivity index (χ0n) is 6.41. The molecule has 0 aliphatic carbocycles. The molecule has 0 saturated carbocycles. The normalized spacial score (nSPS) is 9.09. The summed E-state index contributed by atoms with van der Waals surface area (Å²) in [7, 11) is 0. The highest BCUT2D eigenvalue weighted by atomic mass is 16.5. The van der Waals surface area contributed by atoms with Crippen LogP contribution in [-0.4, -0.2) is 32.5 Å². The van der Waals surface area contributed by atoms with Crippen LogP contribution in [0.15, 0.2) is 0 Å². The zero-order chi connectivity index (χ0) is 8.36. The molecular formula is C7H13NO3. The standard InChI is InChI=1S/C7H13NO3/c9-5-2-1-3-8-4-6-11-7-10/h5,7-8H,1-4,6H2. The van der Waals surface area contributed by atoms with Crippen LogP contribution in [-0.2, 0) is 14.3 Å². The number of nitrogens with one attached hydrogen (secondary N) is 1. The minimum Gasteiger partial charge on any atom is -0.467 e. The first-order valence-corrected chi connectivity index (χ1v) is 3.61. The van der Waals surface area contributed by atoms with E-state index >= 15 is 0 Å². The summed E-state index contributed by atoms with van der Waals surface area (Å²) in [6, 6.07) is 0. The lowest BCUT2D eigenvalue weighted by Crippen LogP contribution is -2.20. The van der Waals surface area contributed by atoms with Crippen LogP contribution in [0.25, 0.3) is 0 Å². The number of aldehydes is 1. The van der Waals surface area contributed by atoms with Crippen LogP contribution in [0.4, 0.5) is 0 Å². The Kier molecular flexibility index (Phi) is 8.36. The average Bonchev–Trinajstić information content (AvgIpc) is 2.03. The molecule has 0 spiro atoms. The Balaban J connectivity index is 2.79. The fraction of sp³-hybridized carbons (Fsp3) is 0.714. The summed E-state index contributed by atoms with van der Waals surface area (Å²) in [6.07, 6.45) is 2.32. The van der Waals surface area contributed by atoms with Crippen molar-refractivity contribution in [2.24, 2.45) is 0 Å². The van der Waals surface area contributed by atoms with Crippen molar-refractivity contribution < 1.29 is 14.3 Å². The minimum atomic E-state index is 0.393. The highest BCUT2D eigenvalue weighted by Crippen LogP contribution is 1.79. The van der Waals surface area contributed by atoms with Crippen LogP contribution in [0.5, 0.6) is 0 Å². The predicted molar refractivity (Wildman–Crippen MR) is 40.2 cm³/mol. The summed E-state index contributed by atoms with van der Waals surface area (Å²) >= 11 is 0. The highest BCUT2D eigenvalue weighted by molar-refractivity contribution is 5.48. The topological polar surface area (TPSA) is 55.4 Å². The number of carbonyl (C=O) groups excluding carboxylic acids is 2. The van der Waals surface area contributed by atoms with Crippen molar-refractivity contribution in [3.8, 4) is 0 Å². The molecule has 0 aliphatic heterocycles. The summed E-state index contributed by atoms with van der Waals surface area (Å²) in [5.41, 5.74) is 0. The molecule has 0 bridgehead atoms. The molecule has 1 N–H and O–H groups in total. The van der Waals surface area contributed by atoms with Gasteiger partial charge in [-0.15, -0.1) is 0 Å². The Morgan fingerprint density at radius 3 is 2.73 bits per heavy atom. The van der Waals surface area contributed by atoms with Crippen LogP contribution in [0.1, 0.15) is 12.8 Å². The van der Waals surface area contributed by atoms with Crippen LogP contribution >= 0.6 is 0 Å². The van der Waals surface area contributed by atoms with Gasteiger partial charge in [-0.3, -0.25) is 4.79 Å². The second kappa shape index (κ2) is 9.10. The maximum atomic E-state index is 9.84. The molecule has 4 heteroatoms. The Bertz CT molecular complexity index is 93.9. The quantitative estimate of drug-likeness (QED) is 0.391. The maximum absolute atomic E-state index is 9.84. The minimum absolute atomic E-state index is 0.393. The smallest absolute Gasteiger partial charge is 0.293 e. The van der Waals surface area contributed by atoms with E-state index in [0.717, 1.165) is 19.3 Å². The van der Waals surface area contributed by atoms with E-state index in [9.17, 15) is 9.59 Å². The predicted octanol–water partition coefficient (Wildman–Crippen LogP) is -0.272. The van der Waals surface area contributed by atoms with Gasteiger partial charge in [0.25, 0.3) is 6.47 Å². The van der Waals surface area contributed by atoms with Crippen LogP contribution in [0.3, 0.4) is 0 Å². The second-order valence-electron chi connectivity index (χ2n) is 2.03. The van der Waals surface area contributed by atoms with E-state index in [1.807, 2.05) is 0 Å². The molecule has 0 fully saturated rings. The molecule has 11 heavy (non-hydrogen) atoms. The Labute approximate surface area is 65.9 Å². The largest absolute Gasteiger partial charge is 0.467 e. The summed E-state index contributed by atoms with van der Waals surface area (Å²) < 4.78 is 4.43. The van der Waals surface area contributed by atoms with Crippen molar-refractivity contribution in [1.82, 2.24) is 5.32 Å². The first kappa shape index (κ1) is 10.1. The molecule has 0 heterocycles. The van der Waals surface area contributed by atoms with Gasteiger partial charge < -0.3 is 14.8 Å². The third kappa shape index (κ3) is 9.10. The molecule has 4 nitrogen and oxygen atoms in total. The number of rotatable bonds is 8. The van der Waals surface area contributed by atoms with Crippen LogP contribution < -0.4 is 5.32 Å². The molecule has 0 atom stereocenters. The monoisotopic (exact) mass is 159 g/mol. The van der Waals surface area contributed by atoms with E-state index < -0.39 is 0 Å². The van der Waals surface area contributed by atoms with Gasteiger partial charge in [-0.2, -0.15) is 0 Å². The molecule has 0 aromatic carbocycles. The van der Waals surface area contributed by atoms with E-state index in [2.05, 4.69) is 10.1 Å². The van der Waals surface area contributed by atoms with Gasteiger partial charge in [0, 0.05) is 13.0 Å². The number of carbonyl (C=O) groups is 2. The van der Waals surface area contributed by atoms with Gasteiger partial charge in [0.05, 0.1) is 0 Å². The van der Waals surface area contributed by atoms with Crippen molar-refractivity contribution in [1.29, 1.82) is 0 Å². The van der Waals surface area contributed by atoms with E-state index in [1.165, 1.54) is 0 Å². The van der Waals surface area contributed by atoms with Crippen molar-refractivity contribution in [2.75, 3.05) is 19.7 Å². The third-order valence-corrected chi connectivity index (χ3v) is 1.14. The molecule has 0 aliphatic rings. The van der Waals surface area contributed by atoms with Crippen molar-refractivity contribution >= 4 is 12.8 Å². The summed E-state index contributed by atoms with van der Waals surface area (Å²) in [5, 5.41) is 3.01. The average molecular weight is 159 g/mol. The van der Waals surface area contributed by atoms with Gasteiger partial charge in [0.1, 0.15) is 12.9 Å². The number of unbranched alkanes of at least 4 members (excludes halogenated alkanes) is 1. The van der Waals surface area contributed by atoms with Gasteiger partial charge in [0.2, 0.25) is 0 Å². The lowest BCUT2D eigenvalue weighted by atomic mass is 10.3. The molecule has 0 radical (unpaired) electrons. The van der Waals surface area contributed by atoms with E-state index in [0.29, 0.717) is 26.0 Å². The van der Waals surface area contributed by atoms with Gasteiger partial charge >= 0.3 is 0 Å². The fourth-order valence-electron chi connectivity index (χ4n) is 0.615. The molecule has 0 amide bonds. The molecule has 0 rings (SSSR count). The Hall–Kier alpha value is -0.900. The van der Waals surface area contributed by atoms with E-state index in [1.54, 1.807) is 0 Å². The summed E-state index contributed by atoms with van der Waals surface area (Å²) in [6.45, 7) is 2.26. The molecule has 0 saturated heterocycles. The molecule has 64 valence electrons. The number of hydrogen-bond acceptors (Lipinski definition) is 4. The zero-order valence-corrected chi connectivity index (χ0v) is 6.41. The summed E-state index contributed by atoms with van der Waals surface area (Å²) in [4.78, 5) is 19.5. The van der Waals surface area contributed by atoms with Gasteiger partial charge in [-0.05, 0) is 13.0 Å². The van der Waals surface area contributed by atoms with Crippen molar-refractivity contribution in [3.63, 3.8) is 0 Å². The van der Waals surface area contributed by atoms with Crippen LogP contribution in [0, 0.1) is 0 Å². The van der Waals surface area contributed by atoms with Gasteiger partial charge in [-0.25, -0.2) is 0 Å². The van der Waals surface area contributed by atoms with Crippen LogP contribution in [0.2, 0.25) is 0 Å². The number of ether oxygens (including phenoxy) is 1. The molecule has 0 aromatic heterocycles. The highest BCUT2D eigenvalue weighted by Gasteiger charge is 1.86. The van der Waals surface area contributed by atoms with Gasteiger partial charge in [0.15, 0.2) is 0 Å². The summed E-state index contributed by atoms with van der Waals surface area (Å²) in [5.74, 6) is 0. The Morgan fingerprint density at radius 1 is 1.27 bits per heavy atom. The van der Waals surface area contributed by atoms with Crippen molar-refractivity contribution in [3.05, 3.63) is 0 Å². The SMILES string of the molecule is O=CCCCNCCOC=O. The fourth-order valence-corrected chi connectivity index (χ4v) is 0.615. The first-order chi connectivity index (χ1) is 5.41. The van der Waals surface area contributed by atoms with Crippen molar-refractivity contribution in [2.45, 2.75) is 12.8 Å². The molecular weight excluding hydrogens is 146 g/mol. The molecule has 0 aromatic rings. The maximum Gasteiger partial charge on any atom is 0.293 e. The number of hydrogen-bond donors (Lipinski definition) is 1. The molecule has 0 unspecified atom stereocenters.